The number of hydrogen-bond acceptors (Lipinski definition) is 2. The van der Waals surface area contributed by atoms with Gasteiger partial charge >= 0.3 is 0 Å². The van der Waals surface area contributed by atoms with E-state index in [4.69, 9.17) is 5.26 Å². The molecular formula is C8H8N2. The first kappa shape index (κ1) is 6.76. The summed E-state index contributed by atoms with van der Waals surface area (Å²) in [5, 5.41) is 8.47. The van der Waals surface area contributed by atoms with Crippen LogP contribution in [0.3, 0.4) is 0 Å². The van der Waals surface area contributed by atoms with Gasteiger partial charge in [-0.3, -0.25) is 0 Å². The number of pyridine rings is 1. The van der Waals surface area contributed by atoms with Crippen LogP contribution in [0, 0.1) is 25.2 Å². The Morgan fingerprint density at radius 2 is 2.10 bits per heavy atom. The first-order valence-corrected chi connectivity index (χ1v) is 3.08. The van der Waals surface area contributed by atoms with E-state index in [-0.39, 0.29) is 0 Å². The van der Waals surface area contributed by atoms with Gasteiger partial charge in [0, 0.05) is 5.69 Å². The molecule has 1 aromatic rings. The Morgan fingerprint density at radius 1 is 1.40 bits per heavy atom. The lowest BCUT2D eigenvalue weighted by Gasteiger charge is -1.94. The van der Waals surface area contributed by atoms with Crippen molar-refractivity contribution in [3.05, 3.63) is 29.1 Å². The van der Waals surface area contributed by atoms with E-state index >= 15 is 0 Å². The molecule has 0 atom stereocenters. The molecule has 0 bridgehead atoms. The van der Waals surface area contributed by atoms with Crippen molar-refractivity contribution in [3.63, 3.8) is 0 Å². The number of nitrogens with zero attached hydrogens (tertiary/aromatic N) is 2. The second-order valence-electron chi connectivity index (χ2n) is 2.28. The summed E-state index contributed by atoms with van der Waals surface area (Å²) in [7, 11) is 0. The number of aromatic nitrogens is 1. The highest BCUT2D eigenvalue weighted by atomic mass is 14.7. The summed E-state index contributed by atoms with van der Waals surface area (Å²) in [4.78, 5) is 3.99. The summed E-state index contributed by atoms with van der Waals surface area (Å²) in [6, 6.07) is 5.71. The number of nitriles is 1. The average Bonchev–Trinajstić information content (AvgIpc) is 1.85. The van der Waals surface area contributed by atoms with E-state index in [9.17, 15) is 0 Å². The number of hydrogen-bond donors (Lipinski definition) is 0. The van der Waals surface area contributed by atoms with Crippen molar-refractivity contribution < 1.29 is 0 Å². The van der Waals surface area contributed by atoms with E-state index in [1.807, 2.05) is 26.0 Å². The fraction of sp³-hybridized carbons (Fsp3) is 0.250. The number of rotatable bonds is 0. The minimum atomic E-state index is 0.498. The van der Waals surface area contributed by atoms with Gasteiger partial charge < -0.3 is 0 Å². The first-order chi connectivity index (χ1) is 4.72. The maximum atomic E-state index is 8.47. The van der Waals surface area contributed by atoms with Gasteiger partial charge in [0.1, 0.15) is 11.8 Å². The van der Waals surface area contributed by atoms with Crippen molar-refractivity contribution >= 4 is 0 Å². The quantitative estimate of drug-likeness (QED) is 0.537. The van der Waals surface area contributed by atoms with Crippen LogP contribution in [-0.4, -0.2) is 4.98 Å². The third-order valence-corrected chi connectivity index (χ3v) is 1.21. The predicted octanol–water partition coefficient (Wildman–Crippen LogP) is 1.57. The van der Waals surface area contributed by atoms with E-state index < -0.39 is 0 Å². The van der Waals surface area contributed by atoms with Gasteiger partial charge in [0.05, 0.1) is 0 Å². The summed E-state index contributed by atoms with van der Waals surface area (Å²) in [5.41, 5.74) is 2.48. The average molecular weight is 132 g/mol. The monoisotopic (exact) mass is 132 g/mol. The zero-order valence-corrected chi connectivity index (χ0v) is 6.05. The first-order valence-electron chi connectivity index (χ1n) is 3.08. The molecule has 0 aliphatic heterocycles. The van der Waals surface area contributed by atoms with Crippen LogP contribution >= 0.6 is 0 Å². The third kappa shape index (κ3) is 1.32. The Kier molecular flexibility index (Phi) is 1.68. The molecular weight excluding hydrogens is 124 g/mol. The topological polar surface area (TPSA) is 36.7 Å². The second-order valence-corrected chi connectivity index (χ2v) is 2.28. The highest BCUT2D eigenvalue weighted by Gasteiger charge is 1.93. The summed E-state index contributed by atoms with van der Waals surface area (Å²) >= 11 is 0. The lowest BCUT2D eigenvalue weighted by Crippen LogP contribution is -1.87. The van der Waals surface area contributed by atoms with E-state index in [0.29, 0.717) is 5.69 Å². The van der Waals surface area contributed by atoms with Crippen LogP contribution < -0.4 is 0 Å². The highest BCUT2D eigenvalue weighted by molar-refractivity contribution is 5.27. The van der Waals surface area contributed by atoms with Gasteiger partial charge in [-0.1, -0.05) is 0 Å². The second kappa shape index (κ2) is 2.49. The molecule has 0 N–H and O–H groups in total. The molecule has 50 valence electrons. The van der Waals surface area contributed by atoms with Crippen LogP contribution in [0.1, 0.15) is 17.0 Å². The van der Waals surface area contributed by atoms with Crippen LogP contribution in [0.5, 0.6) is 0 Å². The highest BCUT2D eigenvalue weighted by Crippen LogP contribution is 2.01. The summed E-state index contributed by atoms with van der Waals surface area (Å²) in [6.45, 7) is 3.84. The summed E-state index contributed by atoms with van der Waals surface area (Å²) < 4.78 is 0. The van der Waals surface area contributed by atoms with Gasteiger partial charge in [-0.15, -0.1) is 0 Å². The summed E-state index contributed by atoms with van der Waals surface area (Å²) in [5.74, 6) is 0. The molecule has 0 unspecified atom stereocenters. The molecule has 0 radical (unpaired) electrons. The van der Waals surface area contributed by atoms with Crippen molar-refractivity contribution in [2.45, 2.75) is 13.8 Å². The van der Waals surface area contributed by atoms with E-state index in [1.165, 1.54) is 0 Å². The largest absolute Gasteiger partial charge is 0.242 e. The molecule has 0 amide bonds. The molecule has 0 aromatic carbocycles. The minimum absolute atomic E-state index is 0.498. The molecule has 0 spiro atoms. The standard InChI is InChI=1S/C8H8N2/c1-6-3-7(2)10-8(4-6)5-9/h3-4H,1-2H3. The van der Waals surface area contributed by atoms with Gasteiger partial charge in [0.15, 0.2) is 0 Å². The molecule has 1 heterocycles. The van der Waals surface area contributed by atoms with Gasteiger partial charge in [0.25, 0.3) is 0 Å². The van der Waals surface area contributed by atoms with Crippen LogP contribution in [-0.2, 0) is 0 Å². The van der Waals surface area contributed by atoms with Crippen molar-refractivity contribution in [2.75, 3.05) is 0 Å². The van der Waals surface area contributed by atoms with Gasteiger partial charge in [-0.25, -0.2) is 4.98 Å². The minimum Gasteiger partial charge on any atom is -0.242 e. The molecule has 0 fully saturated rings. The number of aryl methyl sites for hydroxylation is 2. The summed E-state index contributed by atoms with van der Waals surface area (Å²) in [6.07, 6.45) is 0. The Labute approximate surface area is 60.1 Å². The Bertz CT molecular complexity index is 264. The third-order valence-electron chi connectivity index (χ3n) is 1.21. The van der Waals surface area contributed by atoms with E-state index in [1.54, 1.807) is 6.07 Å². The lowest BCUT2D eigenvalue weighted by atomic mass is 10.2. The SMILES string of the molecule is Cc1cc(C)nc(C#N)c1. The van der Waals surface area contributed by atoms with E-state index in [0.717, 1.165) is 11.3 Å². The van der Waals surface area contributed by atoms with Gasteiger partial charge in [-0.05, 0) is 31.5 Å². The zero-order chi connectivity index (χ0) is 7.56. The van der Waals surface area contributed by atoms with Gasteiger partial charge in [0.2, 0.25) is 0 Å². The fourth-order valence-electron chi connectivity index (χ4n) is 0.899. The van der Waals surface area contributed by atoms with Crippen molar-refractivity contribution in [3.8, 4) is 6.07 Å². The maximum Gasteiger partial charge on any atom is 0.141 e. The Morgan fingerprint density at radius 3 is 2.60 bits per heavy atom. The predicted molar refractivity (Wildman–Crippen MR) is 38.4 cm³/mol. The van der Waals surface area contributed by atoms with Crippen molar-refractivity contribution in [1.29, 1.82) is 5.26 Å². The van der Waals surface area contributed by atoms with E-state index in [2.05, 4.69) is 4.98 Å². The van der Waals surface area contributed by atoms with Crippen LogP contribution in [0.25, 0.3) is 0 Å². The lowest BCUT2D eigenvalue weighted by molar-refractivity contribution is 1.14. The smallest absolute Gasteiger partial charge is 0.141 e. The molecule has 1 aromatic heterocycles. The van der Waals surface area contributed by atoms with Crippen LogP contribution in [0.15, 0.2) is 12.1 Å². The molecule has 2 heteroatoms. The Hall–Kier alpha value is -1.36. The van der Waals surface area contributed by atoms with Crippen LogP contribution in [0.2, 0.25) is 0 Å². The molecule has 2 nitrogen and oxygen atoms in total. The normalized spacial score (nSPS) is 8.90. The maximum absolute atomic E-state index is 8.47. The molecule has 0 aliphatic carbocycles. The zero-order valence-electron chi connectivity index (χ0n) is 6.05. The fourth-order valence-corrected chi connectivity index (χ4v) is 0.899. The molecule has 0 saturated heterocycles. The van der Waals surface area contributed by atoms with Gasteiger partial charge in [-0.2, -0.15) is 5.26 Å². The van der Waals surface area contributed by atoms with Crippen molar-refractivity contribution in [1.82, 2.24) is 4.98 Å². The molecule has 10 heavy (non-hydrogen) atoms. The molecule has 0 saturated carbocycles. The molecule has 0 aliphatic rings. The van der Waals surface area contributed by atoms with Crippen molar-refractivity contribution in [2.24, 2.45) is 0 Å². The van der Waals surface area contributed by atoms with Crippen LogP contribution in [0.4, 0.5) is 0 Å². The Balaban J connectivity index is 3.22. The molecule has 1 rings (SSSR count).